The summed E-state index contributed by atoms with van der Waals surface area (Å²) in [6.07, 6.45) is 0. The van der Waals surface area contributed by atoms with Crippen LogP contribution in [0.4, 0.5) is 4.39 Å². The standard InChI is InChI=1S/C24H24FN3O5/c1-31-23(29)20-21(26-28(22(20)24(30)32-2)18-6-4-3-5-7-18)19-9-8-17(25)14-16(19)15-27-10-12-33-13-11-27/h3-9,14H,10-13,15H2,1-2H3. The molecule has 1 aromatic heterocycles. The fraction of sp³-hybridized carbons (Fsp3) is 0.292. The normalized spacial score (nSPS) is 14.2. The zero-order valence-electron chi connectivity index (χ0n) is 18.4. The molecule has 4 rings (SSSR count). The topological polar surface area (TPSA) is 82.9 Å². The molecule has 1 aliphatic rings. The van der Waals surface area contributed by atoms with Gasteiger partial charge in [0.05, 0.1) is 33.1 Å². The van der Waals surface area contributed by atoms with E-state index in [1.54, 1.807) is 30.3 Å². The average Bonchev–Trinajstić information content (AvgIpc) is 3.25. The molecule has 0 atom stereocenters. The van der Waals surface area contributed by atoms with Gasteiger partial charge in [-0.2, -0.15) is 5.10 Å². The molecule has 8 nitrogen and oxygen atoms in total. The summed E-state index contributed by atoms with van der Waals surface area (Å²) in [7, 11) is 2.46. The molecule has 3 aromatic rings. The summed E-state index contributed by atoms with van der Waals surface area (Å²) in [5, 5.41) is 4.62. The fourth-order valence-corrected chi connectivity index (χ4v) is 3.87. The van der Waals surface area contributed by atoms with Gasteiger partial charge < -0.3 is 14.2 Å². The van der Waals surface area contributed by atoms with Crippen LogP contribution in [-0.2, 0) is 20.8 Å². The first-order valence-corrected chi connectivity index (χ1v) is 10.5. The first-order valence-electron chi connectivity index (χ1n) is 10.5. The summed E-state index contributed by atoms with van der Waals surface area (Å²) in [5.41, 5.74) is 1.84. The van der Waals surface area contributed by atoms with Crippen LogP contribution in [0.1, 0.15) is 26.4 Å². The number of methoxy groups -OCH3 is 2. The van der Waals surface area contributed by atoms with E-state index in [4.69, 9.17) is 14.2 Å². The highest BCUT2D eigenvalue weighted by atomic mass is 19.1. The minimum absolute atomic E-state index is 0.0389. The molecule has 172 valence electrons. The summed E-state index contributed by atoms with van der Waals surface area (Å²) in [6, 6.07) is 13.2. The lowest BCUT2D eigenvalue weighted by atomic mass is 9.99. The largest absolute Gasteiger partial charge is 0.465 e. The van der Waals surface area contributed by atoms with Crippen molar-refractivity contribution in [2.45, 2.75) is 6.54 Å². The lowest BCUT2D eigenvalue weighted by molar-refractivity contribution is 0.0342. The van der Waals surface area contributed by atoms with Gasteiger partial charge in [0, 0.05) is 25.2 Å². The van der Waals surface area contributed by atoms with Crippen LogP contribution in [0.15, 0.2) is 48.5 Å². The quantitative estimate of drug-likeness (QED) is 0.531. The van der Waals surface area contributed by atoms with Crippen LogP contribution < -0.4 is 0 Å². The first-order chi connectivity index (χ1) is 16.0. The molecule has 0 aliphatic carbocycles. The van der Waals surface area contributed by atoms with E-state index < -0.39 is 17.8 Å². The number of nitrogens with zero attached hydrogens (tertiary/aromatic N) is 3. The molecule has 1 fully saturated rings. The van der Waals surface area contributed by atoms with Crippen LogP contribution in [0, 0.1) is 5.82 Å². The lowest BCUT2D eigenvalue weighted by Gasteiger charge is -2.27. The molecule has 0 spiro atoms. The second-order valence-corrected chi connectivity index (χ2v) is 7.49. The van der Waals surface area contributed by atoms with Gasteiger partial charge in [-0.05, 0) is 35.9 Å². The Morgan fingerprint density at radius 2 is 1.73 bits per heavy atom. The van der Waals surface area contributed by atoms with Gasteiger partial charge in [0.25, 0.3) is 0 Å². The summed E-state index contributed by atoms with van der Waals surface area (Å²) >= 11 is 0. The number of carbonyl (C=O) groups excluding carboxylic acids is 2. The van der Waals surface area contributed by atoms with Crippen LogP contribution in [0.3, 0.4) is 0 Å². The van der Waals surface area contributed by atoms with Gasteiger partial charge in [-0.3, -0.25) is 4.90 Å². The van der Waals surface area contributed by atoms with Crippen molar-refractivity contribution >= 4 is 11.9 Å². The molecule has 2 aromatic carbocycles. The van der Waals surface area contributed by atoms with Gasteiger partial charge in [0.15, 0.2) is 5.69 Å². The minimum atomic E-state index is -0.741. The molecular weight excluding hydrogens is 429 g/mol. The van der Waals surface area contributed by atoms with Crippen molar-refractivity contribution in [3.05, 3.63) is 71.2 Å². The maximum Gasteiger partial charge on any atom is 0.357 e. The maximum atomic E-state index is 14.2. The monoisotopic (exact) mass is 453 g/mol. The predicted octanol–water partition coefficient (Wildman–Crippen LogP) is 3.08. The third-order valence-electron chi connectivity index (χ3n) is 5.47. The molecule has 0 radical (unpaired) electrons. The van der Waals surface area contributed by atoms with Crippen LogP contribution in [0.2, 0.25) is 0 Å². The van der Waals surface area contributed by atoms with Gasteiger partial charge in [0.2, 0.25) is 0 Å². The van der Waals surface area contributed by atoms with Gasteiger partial charge in [-0.1, -0.05) is 18.2 Å². The highest BCUT2D eigenvalue weighted by Gasteiger charge is 2.32. The minimum Gasteiger partial charge on any atom is -0.465 e. The zero-order valence-corrected chi connectivity index (χ0v) is 18.4. The number of morpholine rings is 1. The number of esters is 2. The van der Waals surface area contributed by atoms with E-state index in [-0.39, 0.29) is 17.0 Å². The summed E-state index contributed by atoms with van der Waals surface area (Å²) in [6.45, 7) is 3.01. The van der Waals surface area contributed by atoms with E-state index in [1.165, 1.54) is 31.0 Å². The SMILES string of the molecule is COC(=O)c1c(-c2ccc(F)cc2CN2CCOCC2)nn(-c2ccccc2)c1C(=O)OC. The van der Waals surface area contributed by atoms with Gasteiger partial charge >= 0.3 is 11.9 Å². The van der Waals surface area contributed by atoms with Crippen LogP contribution in [-0.4, -0.2) is 67.1 Å². The van der Waals surface area contributed by atoms with E-state index in [0.717, 1.165) is 0 Å². The predicted molar refractivity (Wildman–Crippen MR) is 118 cm³/mol. The molecule has 33 heavy (non-hydrogen) atoms. The summed E-state index contributed by atoms with van der Waals surface area (Å²) < 4.78 is 31.0. The maximum absolute atomic E-state index is 14.2. The third-order valence-corrected chi connectivity index (χ3v) is 5.47. The zero-order chi connectivity index (χ0) is 23.4. The number of aromatic nitrogens is 2. The number of benzene rings is 2. The van der Waals surface area contributed by atoms with Crippen molar-refractivity contribution in [1.82, 2.24) is 14.7 Å². The number of para-hydroxylation sites is 1. The van der Waals surface area contributed by atoms with Crippen LogP contribution in [0.25, 0.3) is 16.9 Å². The molecular formula is C24H24FN3O5. The molecule has 1 aliphatic heterocycles. The van der Waals surface area contributed by atoms with Crippen molar-refractivity contribution < 1.29 is 28.2 Å². The van der Waals surface area contributed by atoms with Gasteiger partial charge in [-0.15, -0.1) is 0 Å². The Hall–Kier alpha value is -3.56. The van der Waals surface area contributed by atoms with Crippen molar-refractivity contribution in [2.24, 2.45) is 0 Å². The Morgan fingerprint density at radius 3 is 2.39 bits per heavy atom. The Bertz CT molecular complexity index is 1160. The van der Waals surface area contributed by atoms with E-state index in [1.807, 2.05) is 6.07 Å². The van der Waals surface area contributed by atoms with Crippen molar-refractivity contribution in [1.29, 1.82) is 0 Å². The number of hydrogen-bond acceptors (Lipinski definition) is 7. The second-order valence-electron chi connectivity index (χ2n) is 7.49. The van der Waals surface area contributed by atoms with E-state index in [2.05, 4.69) is 10.00 Å². The summed E-state index contributed by atoms with van der Waals surface area (Å²) in [4.78, 5) is 27.8. The highest BCUT2D eigenvalue weighted by Crippen LogP contribution is 2.32. The number of ether oxygens (including phenoxy) is 3. The smallest absolute Gasteiger partial charge is 0.357 e. The second kappa shape index (κ2) is 9.93. The van der Waals surface area contributed by atoms with Gasteiger partial charge in [-0.25, -0.2) is 18.7 Å². The van der Waals surface area contributed by atoms with Crippen LogP contribution >= 0.6 is 0 Å². The molecule has 0 N–H and O–H groups in total. The number of rotatable bonds is 6. The van der Waals surface area contributed by atoms with Gasteiger partial charge in [0.1, 0.15) is 17.1 Å². The Balaban J connectivity index is 1.93. The van der Waals surface area contributed by atoms with E-state index in [9.17, 15) is 14.0 Å². The Labute approximate surface area is 190 Å². The molecule has 2 heterocycles. The van der Waals surface area contributed by atoms with E-state index >= 15 is 0 Å². The van der Waals surface area contributed by atoms with Crippen LogP contribution in [0.5, 0.6) is 0 Å². The molecule has 0 amide bonds. The third kappa shape index (κ3) is 4.64. The molecule has 9 heteroatoms. The lowest BCUT2D eigenvalue weighted by Crippen LogP contribution is -2.35. The molecule has 0 saturated carbocycles. The number of carbonyl (C=O) groups is 2. The summed E-state index contributed by atoms with van der Waals surface area (Å²) in [5.74, 6) is -1.89. The van der Waals surface area contributed by atoms with Crippen molar-refractivity contribution in [3.63, 3.8) is 0 Å². The van der Waals surface area contributed by atoms with Crippen molar-refractivity contribution in [2.75, 3.05) is 40.5 Å². The van der Waals surface area contributed by atoms with E-state index in [0.29, 0.717) is 49.7 Å². The first kappa shape index (κ1) is 22.6. The van der Waals surface area contributed by atoms with Crippen molar-refractivity contribution in [3.8, 4) is 16.9 Å². The number of hydrogen-bond donors (Lipinski definition) is 0. The average molecular weight is 453 g/mol. The molecule has 0 bridgehead atoms. The highest BCUT2D eigenvalue weighted by molar-refractivity contribution is 6.07. The molecule has 1 saturated heterocycles. The molecule has 0 unspecified atom stereocenters. The Kier molecular flexibility index (Phi) is 6.81. The Morgan fingerprint density at radius 1 is 1.03 bits per heavy atom. The fourth-order valence-electron chi connectivity index (χ4n) is 3.87. The number of halogens is 1.